The quantitative estimate of drug-likeness (QED) is 0.814. The Balaban J connectivity index is 2.14. The van der Waals surface area contributed by atoms with Gasteiger partial charge in [0.25, 0.3) is 6.08 Å². The summed E-state index contributed by atoms with van der Waals surface area (Å²) in [5.41, 5.74) is 0.0433. The van der Waals surface area contributed by atoms with Gasteiger partial charge in [0.15, 0.2) is 0 Å². The maximum absolute atomic E-state index is 13.1. The molecule has 1 aliphatic rings. The summed E-state index contributed by atoms with van der Waals surface area (Å²) in [4.78, 5) is 0. The smallest absolute Gasteiger partial charge is 0.269 e. The van der Waals surface area contributed by atoms with Gasteiger partial charge in [-0.3, -0.25) is 0 Å². The Morgan fingerprint density at radius 1 is 1.39 bits per heavy atom. The fraction of sp³-hybridized carbons (Fsp3) is 0.250. The zero-order valence-electron chi connectivity index (χ0n) is 9.01. The molecule has 6 heteroatoms. The normalized spacial score (nSPS) is 17.9. The van der Waals surface area contributed by atoms with Crippen LogP contribution in [-0.2, 0) is 0 Å². The molecule has 0 radical (unpaired) electrons. The zero-order chi connectivity index (χ0) is 13.3. The fourth-order valence-electron chi connectivity index (χ4n) is 1.62. The lowest BCUT2D eigenvalue weighted by molar-refractivity contribution is 0.153. The van der Waals surface area contributed by atoms with Crippen molar-refractivity contribution in [2.24, 2.45) is 0 Å². The molecule has 0 unspecified atom stereocenters. The third-order valence-electron chi connectivity index (χ3n) is 2.65. The van der Waals surface area contributed by atoms with Crippen LogP contribution >= 0.6 is 11.6 Å². The summed E-state index contributed by atoms with van der Waals surface area (Å²) in [5.74, 6) is -0.600. The molecule has 1 aromatic carbocycles. The van der Waals surface area contributed by atoms with Gasteiger partial charge in [0.1, 0.15) is 23.7 Å². The summed E-state index contributed by atoms with van der Waals surface area (Å²) in [5, 5.41) is 8.64. The van der Waals surface area contributed by atoms with Gasteiger partial charge in [-0.15, -0.1) is 0 Å². The number of benzene rings is 1. The van der Waals surface area contributed by atoms with Gasteiger partial charge in [0, 0.05) is 24.5 Å². The summed E-state index contributed by atoms with van der Waals surface area (Å²) in [6.07, 6.45) is -1.88. The van der Waals surface area contributed by atoms with E-state index in [9.17, 15) is 13.2 Å². The maximum atomic E-state index is 13.1. The summed E-state index contributed by atoms with van der Waals surface area (Å²) >= 11 is 5.57. The standard InChI is InChI=1S/C12H7ClF3NO/c13-9-4-11(7(5-17)3-10(9)14)18-8-1-6(2-8)12(15)16/h3-4,8H,1-2H2. The first-order valence-electron chi connectivity index (χ1n) is 5.10. The van der Waals surface area contributed by atoms with Gasteiger partial charge < -0.3 is 4.74 Å². The molecule has 0 N–H and O–H groups in total. The van der Waals surface area contributed by atoms with E-state index in [2.05, 4.69) is 0 Å². The summed E-state index contributed by atoms with van der Waals surface area (Å²) in [6.45, 7) is 0. The molecular formula is C12H7ClF3NO. The molecule has 0 amide bonds. The van der Waals surface area contributed by atoms with E-state index in [0.717, 1.165) is 6.07 Å². The van der Waals surface area contributed by atoms with Crippen LogP contribution in [0.25, 0.3) is 0 Å². The summed E-state index contributed by atoms with van der Waals surface area (Å²) in [7, 11) is 0. The minimum atomic E-state index is -1.69. The molecule has 94 valence electrons. The van der Waals surface area contributed by atoms with Gasteiger partial charge in [0.2, 0.25) is 0 Å². The van der Waals surface area contributed by atoms with Crippen molar-refractivity contribution in [3.05, 3.63) is 40.2 Å². The van der Waals surface area contributed by atoms with Gasteiger partial charge in [-0.1, -0.05) is 11.6 Å². The molecule has 1 aromatic rings. The van der Waals surface area contributed by atoms with Crippen LogP contribution in [0.1, 0.15) is 18.4 Å². The Labute approximate surface area is 106 Å². The first-order chi connectivity index (χ1) is 8.51. The van der Waals surface area contributed by atoms with E-state index < -0.39 is 18.0 Å². The van der Waals surface area contributed by atoms with E-state index >= 15 is 0 Å². The van der Waals surface area contributed by atoms with Crippen LogP contribution < -0.4 is 4.74 Å². The number of rotatable bonds is 2. The minimum Gasteiger partial charge on any atom is -0.488 e. The highest BCUT2D eigenvalue weighted by atomic mass is 35.5. The molecule has 0 heterocycles. The van der Waals surface area contributed by atoms with Crippen LogP contribution in [0.5, 0.6) is 5.75 Å². The van der Waals surface area contributed by atoms with Crippen molar-refractivity contribution in [1.29, 1.82) is 5.26 Å². The predicted octanol–water partition coefficient (Wildman–Crippen LogP) is 4.04. The highest BCUT2D eigenvalue weighted by Gasteiger charge is 2.29. The Morgan fingerprint density at radius 2 is 2.06 bits per heavy atom. The SMILES string of the molecule is N#Cc1cc(F)c(Cl)cc1OC1CC(=C(F)F)C1. The van der Waals surface area contributed by atoms with Gasteiger partial charge in [-0.25, -0.2) is 4.39 Å². The molecule has 0 saturated heterocycles. The predicted molar refractivity (Wildman–Crippen MR) is 59.0 cm³/mol. The molecule has 0 bridgehead atoms. The number of ether oxygens (including phenoxy) is 1. The van der Waals surface area contributed by atoms with Crippen molar-refractivity contribution in [3.63, 3.8) is 0 Å². The van der Waals surface area contributed by atoms with Gasteiger partial charge in [0.05, 0.1) is 10.6 Å². The number of halogens is 4. The second-order valence-corrected chi connectivity index (χ2v) is 4.29. The van der Waals surface area contributed by atoms with Crippen molar-refractivity contribution < 1.29 is 17.9 Å². The fourth-order valence-corrected chi connectivity index (χ4v) is 1.77. The minimum absolute atomic E-state index is 0.00458. The van der Waals surface area contributed by atoms with E-state index in [0.29, 0.717) is 0 Å². The average molecular weight is 274 g/mol. The second kappa shape index (κ2) is 4.91. The Morgan fingerprint density at radius 3 is 2.61 bits per heavy atom. The molecule has 0 aliphatic heterocycles. The number of nitrogens with zero attached hydrogens (tertiary/aromatic N) is 1. The topological polar surface area (TPSA) is 33.0 Å². The lowest BCUT2D eigenvalue weighted by Crippen LogP contribution is -2.28. The largest absolute Gasteiger partial charge is 0.488 e. The van der Waals surface area contributed by atoms with E-state index in [1.165, 1.54) is 6.07 Å². The highest BCUT2D eigenvalue weighted by Crippen LogP contribution is 2.36. The lowest BCUT2D eigenvalue weighted by atomic mass is 9.89. The summed E-state index contributed by atoms with van der Waals surface area (Å²) < 4.78 is 42.8. The Kier molecular flexibility index (Phi) is 3.48. The molecular weight excluding hydrogens is 267 g/mol. The average Bonchev–Trinajstić information content (AvgIpc) is 2.26. The molecule has 0 atom stereocenters. The Bertz CT molecular complexity index is 553. The van der Waals surface area contributed by atoms with Crippen molar-refractivity contribution in [2.45, 2.75) is 18.9 Å². The van der Waals surface area contributed by atoms with Gasteiger partial charge >= 0.3 is 0 Å². The third-order valence-corrected chi connectivity index (χ3v) is 2.94. The third kappa shape index (κ3) is 2.44. The van der Waals surface area contributed by atoms with Crippen LogP contribution in [0.2, 0.25) is 5.02 Å². The highest BCUT2D eigenvalue weighted by molar-refractivity contribution is 6.30. The first kappa shape index (κ1) is 12.8. The van der Waals surface area contributed by atoms with Crippen molar-refractivity contribution in [2.75, 3.05) is 0 Å². The number of nitriles is 1. The molecule has 1 aliphatic carbocycles. The van der Waals surface area contributed by atoms with E-state index in [1.54, 1.807) is 6.07 Å². The van der Waals surface area contributed by atoms with Gasteiger partial charge in [-0.05, 0) is 6.07 Å². The summed E-state index contributed by atoms with van der Waals surface area (Å²) in [6, 6.07) is 3.91. The van der Waals surface area contributed by atoms with E-state index in [-0.39, 0.29) is 34.8 Å². The molecule has 18 heavy (non-hydrogen) atoms. The number of hydrogen-bond donors (Lipinski definition) is 0. The maximum Gasteiger partial charge on any atom is 0.269 e. The molecule has 1 saturated carbocycles. The number of hydrogen-bond acceptors (Lipinski definition) is 2. The Hall–Kier alpha value is -1.67. The van der Waals surface area contributed by atoms with Gasteiger partial charge in [-0.2, -0.15) is 14.0 Å². The first-order valence-corrected chi connectivity index (χ1v) is 5.48. The van der Waals surface area contributed by atoms with Crippen LogP contribution in [0, 0.1) is 17.1 Å². The molecule has 0 spiro atoms. The van der Waals surface area contributed by atoms with E-state index in [1.807, 2.05) is 0 Å². The molecule has 2 nitrogen and oxygen atoms in total. The van der Waals surface area contributed by atoms with Crippen molar-refractivity contribution in [3.8, 4) is 11.8 Å². The lowest BCUT2D eigenvalue weighted by Gasteiger charge is -2.29. The van der Waals surface area contributed by atoms with Crippen LogP contribution in [0.3, 0.4) is 0 Å². The van der Waals surface area contributed by atoms with E-state index in [4.69, 9.17) is 21.6 Å². The molecule has 2 rings (SSSR count). The van der Waals surface area contributed by atoms with Crippen LogP contribution in [0.15, 0.2) is 23.8 Å². The molecule has 0 aromatic heterocycles. The van der Waals surface area contributed by atoms with Crippen molar-refractivity contribution >= 4 is 11.6 Å². The molecule has 1 fully saturated rings. The van der Waals surface area contributed by atoms with Crippen LogP contribution in [-0.4, -0.2) is 6.10 Å². The zero-order valence-corrected chi connectivity index (χ0v) is 9.77. The second-order valence-electron chi connectivity index (χ2n) is 3.89. The van der Waals surface area contributed by atoms with Crippen LogP contribution in [0.4, 0.5) is 13.2 Å². The monoisotopic (exact) mass is 273 g/mol. The van der Waals surface area contributed by atoms with Crippen molar-refractivity contribution in [1.82, 2.24) is 0 Å².